The smallest absolute Gasteiger partial charge is 0.408 e. The normalized spacial score (nSPS) is 29.0. The van der Waals surface area contributed by atoms with Gasteiger partial charge in [-0.2, -0.15) is 0 Å². The molecule has 3 fully saturated rings. The van der Waals surface area contributed by atoms with Crippen molar-refractivity contribution in [2.45, 2.75) is 57.6 Å². The van der Waals surface area contributed by atoms with E-state index >= 15 is 0 Å². The fourth-order valence-corrected chi connectivity index (χ4v) is 3.99. The van der Waals surface area contributed by atoms with Crippen molar-refractivity contribution < 1.29 is 14.3 Å². The highest BCUT2D eigenvalue weighted by Gasteiger charge is 2.68. The van der Waals surface area contributed by atoms with Gasteiger partial charge in [0, 0.05) is 11.1 Å². The number of hydrogen-bond donors (Lipinski definition) is 1. The van der Waals surface area contributed by atoms with Gasteiger partial charge in [-0.05, 0) is 57.4 Å². The summed E-state index contributed by atoms with van der Waals surface area (Å²) in [6, 6.07) is 7.78. The van der Waals surface area contributed by atoms with Gasteiger partial charge in [-0.3, -0.25) is 4.79 Å². The van der Waals surface area contributed by atoms with Crippen molar-refractivity contribution in [2.75, 3.05) is 0 Å². The molecule has 3 saturated carbocycles. The highest BCUT2D eigenvalue weighted by atomic mass is 16.6. The molecule has 3 aliphatic rings. The lowest BCUT2D eigenvalue weighted by Gasteiger charge is -2.70. The lowest BCUT2D eigenvalue weighted by Crippen LogP contribution is -2.75. The fourth-order valence-electron chi connectivity index (χ4n) is 3.99. The number of carbonyl (C=O) groups excluding carboxylic acids is 2. The maximum atomic E-state index is 11.9. The maximum Gasteiger partial charge on any atom is 0.408 e. The van der Waals surface area contributed by atoms with Gasteiger partial charge >= 0.3 is 6.09 Å². The van der Waals surface area contributed by atoms with Crippen molar-refractivity contribution in [1.29, 1.82) is 0 Å². The molecule has 0 unspecified atom stereocenters. The molecule has 4 heteroatoms. The Labute approximate surface area is 131 Å². The molecule has 0 spiro atoms. The van der Waals surface area contributed by atoms with E-state index in [2.05, 4.69) is 5.32 Å². The van der Waals surface area contributed by atoms with Crippen LogP contribution in [0.1, 0.15) is 56.0 Å². The van der Waals surface area contributed by atoms with Crippen molar-refractivity contribution in [1.82, 2.24) is 5.32 Å². The molecule has 22 heavy (non-hydrogen) atoms. The van der Waals surface area contributed by atoms with Crippen molar-refractivity contribution in [2.24, 2.45) is 5.41 Å². The zero-order valence-electron chi connectivity index (χ0n) is 13.4. The van der Waals surface area contributed by atoms with E-state index in [1.807, 2.05) is 45.0 Å². The van der Waals surface area contributed by atoms with E-state index in [1.165, 1.54) is 5.56 Å². The molecule has 0 radical (unpaired) electrons. The van der Waals surface area contributed by atoms with Gasteiger partial charge in [0.1, 0.15) is 11.9 Å². The number of amides is 1. The molecule has 1 aromatic rings. The monoisotopic (exact) mass is 301 g/mol. The Balaban J connectivity index is 1.51. The molecular weight excluding hydrogens is 278 g/mol. The molecule has 2 bridgehead atoms. The average Bonchev–Trinajstić information content (AvgIpc) is 2.33. The SMILES string of the molecule is CC(C)(C)OC(=O)NC12CC(Cc3ccc(C=O)cc3)(C1)C2. The van der Waals surface area contributed by atoms with Gasteiger partial charge in [0.25, 0.3) is 0 Å². The number of carbonyl (C=O) groups is 2. The second-order valence-electron chi connectivity index (χ2n) is 7.97. The Hall–Kier alpha value is -1.84. The van der Waals surface area contributed by atoms with Crippen LogP contribution in [0.15, 0.2) is 24.3 Å². The van der Waals surface area contributed by atoms with E-state index in [-0.39, 0.29) is 11.6 Å². The van der Waals surface area contributed by atoms with Gasteiger partial charge in [0.05, 0.1) is 0 Å². The molecule has 4 rings (SSSR count). The molecule has 1 aromatic carbocycles. The van der Waals surface area contributed by atoms with Gasteiger partial charge in [-0.15, -0.1) is 0 Å². The number of alkyl carbamates (subject to hydrolysis) is 1. The zero-order valence-corrected chi connectivity index (χ0v) is 13.4. The molecule has 0 aliphatic heterocycles. The van der Waals surface area contributed by atoms with Gasteiger partial charge in [-0.1, -0.05) is 24.3 Å². The van der Waals surface area contributed by atoms with Crippen LogP contribution in [0.3, 0.4) is 0 Å². The van der Waals surface area contributed by atoms with Crippen LogP contribution in [-0.4, -0.2) is 23.5 Å². The molecule has 1 amide bonds. The Morgan fingerprint density at radius 1 is 1.23 bits per heavy atom. The number of aldehydes is 1. The first-order valence-electron chi connectivity index (χ1n) is 7.79. The first kappa shape index (κ1) is 15.1. The second kappa shape index (κ2) is 4.83. The Kier molecular flexibility index (Phi) is 3.31. The second-order valence-corrected chi connectivity index (χ2v) is 7.97. The predicted octanol–water partition coefficient (Wildman–Crippen LogP) is 3.49. The third-order valence-electron chi connectivity index (χ3n) is 4.60. The van der Waals surface area contributed by atoms with Gasteiger partial charge < -0.3 is 10.1 Å². The number of hydrogen-bond acceptors (Lipinski definition) is 3. The summed E-state index contributed by atoms with van der Waals surface area (Å²) in [6.07, 6.45) is 4.64. The van der Waals surface area contributed by atoms with Crippen LogP contribution < -0.4 is 5.32 Å². The summed E-state index contributed by atoms with van der Waals surface area (Å²) in [5.41, 5.74) is 1.81. The molecule has 0 heterocycles. The fraction of sp³-hybridized carbons (Fsp3) is 0.556. The molecular formula is C18H23NO3. The quantitative estimate of drug-likeness (QED) is 0.866. The van der Waals surface area contributed by atoms with E-state index in [1.54, 1.807) is 0 Å². The molecule has 118 valence electrons. The minimum atomic E-state index is -0.453. The van der Waals surface area contributed by atoms with Crippen molar-refractivity contribution in [3.05, 3.63) is 35.4 Å². The summed E-state index contributed by atoms with van der Waals surface area (Å²) in [5.74, 6) is 0. The number of ether oxygens (including phenoxy) is 1. The molecule has 0 aromatic heterocycles. The van der Waals surface area contributed by atoms with Crippen molar-refractivity contribution >= 4 is 12.4 Å². The summed E-state index contributed by atoms with van der Waals surface area (Å²) >= 11 is 0. The van der Waals surface area contributed by atoms with Crippen LogP contribution >= 0.6 is 0 Å². The van der Waals surface area contributed by atoms with E-state index in [0.29, 0.717) is 11.0 Å². The summed E-state index contributed by atoms with van der Waals surface area (Å²) in [5, 5.41) is 3.04. The molecule has 3 aliphatic carbocycles. The molecule has 4 nitrogen and oxygen atoms in total. The minimum Gasteiger partial charge on any atom is -0.444 e. The zero-order chi connectivity index (χ0) is 16.0. The minimum absolute atomic E-state index is 0.0366. The lowest BCUT2D eigenvalue weighted by molar-refractivity contribution is -0.150. The topological polar surface area (TPSA) is 55.4 Å². The summed E-state index contributed by atoms with van der Waals surface area (Å²) < 4.78 is 5.33. The highest BCUT2D eigenvalue weighted by molar-refractivity contribution is 5.74. The third kappa shape index (κ3) is 2.87. The Morgan fingerprint density at radius 2 is 1.82 bits per heavy atom. The third-order valence-corrected chi connectivity index (χ3v) is 4.60. The maximum absolute atomic E-state index is 11.9. The Morgan fingerprint density at radius 3 is 2.32 bits per heavy atom. The standard InChI is InChI=1S/C18H23NO3/c1-16(2,3)22-15(21)19-18-10-17(11-18,12-18)8-13-4-6-14(9-20)7-5-13/h4-7,9H,8,10-12H2,1-3H3,(H,19,21). The van der Waals surface area contributed by atoms with Crippen LogP contribution in [0.4, 0.5) is 4.79 Å². The Bertz CT molecular complexity index is 578. The van der Waals surface area contributed by atoms with Gasteiger partial charge in [0.15, 0.2) is 0 Å². The van der Waals surface area contributed by atoms with E-state index in [4.69, 9.17) is 4.74 Å². The van der Waals surface area contributed by atoms with E-state index in [0.717, 1.165) is 32.0 Å². The summed E-state index contributed by atoms with van der Waals surface area (Å²) in [7, 11) is 0. The summed E-state index contributed by atoms with van der Waals surface area (Å²) in [6.45, 7) is 5.62. The molecule has 0 atom stereocenters. The number of nitrogens with one attached hydrogen (secondary N) is 1. The van der Waals surface area contributed by atoms with Gasteiger partial charge in [0.2, 0.25) is 0 Å². The predicted molar refractivity (Wildman–Crippen MR) is 83.9 cm³/mol. The largest absolute Gasteiger partial charge is 0.444 e. The lowest BCUT2D eigenvalue weighted by atomic mass is 9.38. The van der Waals surface area contributed by atoms with Crippen LogP contribution in [0, 0.1) is 5.41 Å². The van der Waals surface area contributed by atoms with E-state index in [9.17, 15) is 9.59 Å². The average molecular weight is 301 g/mol. The van der Waals surface area contributed by atoms with Crippen molar-refractivity contribution in [3.63, 3.8) is 0 Å². The van der Waals surface area contributed by atoms with Crippen molar-refractivity contribution in [3.8, 4) is 0 Å². The number of benzene rings is 1. The molecule has 1 N–H and O–H groups in total. The number of rotatable bonds is 4. The van der Waals surface area contributed by atoms with E-state index < -0.39 is 5.60 Å². The van der Waals surface area contributed by atoms with Crippen LogP contribution in [0.25, 0.3) is 0 Å². The first-order chi connectivity index (χ1) is 10.2. The summed E-state index contributed by atoms with van der Waals surface area (Å²) in [4.78, 5) is 22.5. The van der Waals surface area contributed by atoms with Crippen LogP contribution in [0.2, 0.25) is 0 Å². The molecule has 0 saturated heterocycles. The van der Waals surface area contributed by atoms with Crippen LogP contribution in [-0.2, 0) is 11.2 Å². The first-order valence-corrected chi connectivity index (χ1v) is 7.79. The van der Waals surface area contributed by atoms with Crippen LogP contribution in [0.5, 0.6) is 0 Å². The van der Waals surface area contributed by atoms with Gasteiger partial charge in [-0.25, -0.2) is 4.79 Å². The highest BCUT2D eigenvalue weighted by Crippen LogP contribution is 2.68.